The summed E-state index contributed by atoms with van der Waals surface area (Å²) in [5, 5.41) is 4.56. The van der Waals surface area contributed by atoms with Gasteiger partial charge in [-0.15, -0.1) is 0 Å². The van der Waals surface area contributed by atoms with E-state index in [2.05, 4.69) is 25.2 Å². The van der Waals surface area contributed by atoms with Crippen LogP contribution < -0.4 is 10.1 Å². The van der Waals surface area contributed by atoms with Crippen molar-refractivity contribution < 1.29 is 4.74 Å². The van der Waals surface area contributed by atoms with Crippen LogP contribution in [-0.2, 0) is 6.61 Å². The number of ether oxygens (including phenoxy) is 1. The maximum absolute atomic E-state index is 6.17. The van der Waals surface area contributed by atoms with Crippen LogP contribution in [0.3, 0.4) is 0 Å². The van der Waals surface area contributed by atoms with Crippen LogP contribution in [0.4, 0.5) is 0 Å². The van der Waals surface area contributed by atoms with Crippen LogP contribution in [-0.4, -0.2) is 7.05 Å². The molecule has 2 rings (SSSR count). The molecular formula is C17H19Cl2NO. The SMILES string of the molecule is CNC(C)c1cc(C)ccc1OCc1cc(Cl)ccc1Cl. The zero-order valence-electron chi connectivity index (χ0n) is 12.4. The summed E-state index contributed by atoms with van der Waals surface area (Å²) in [7, 11) is 1.94. The summed E-state index contributed by atoms with van der Waals surface area (Å²) in [5.41, 5.74) is 3.23. The minimum atomic E-state index is 0.217. The van der Waals surface area contributed by atoms with E-state index in [9.17, 15) is 0 Å². The van der Waals surface area contributed by atoms with E-state index in [1.807, 2.05) is 25.2 Å². The summed E-state index contributed by atoms with van der Waals surface area (Å²) in [6, 6.07) is 11.8. The third kappa shape index (κ3) is 4.13. The van der Waals surface area contributed by atoms with E-state index in [1.54, 1.807) is 12.1 Å². The Morgan fingerprint density at radius 2 is 1.90 bits per heavy atom. The highest BCUT2D eigenvalue weighted by molar-refractivity contribution is 6.33. The number of aryl methyl sites for hydroxylation is 1. The molecule has 2 aromatic rings. The van der Waals surface area contributed by atoms with Gasteiger partial charge in [-0.1, -0.05) is 40.9 Å². The lowest BCUT2D eigenvalue weighted by atomic mass is 10.0. The van der Waals surface area contributed by atoms with Gasteiger partial charge in [0.05, 0.1) is 0 Å². The Kier molecular flexibility index (Phi) is 5.51. The van der Waals surface area contributed by atoms with Gasteiger partial charge in [-0.25, -0.2) is 0 Å². The van der Waals surface area contributed by atoms with Gasteiger partial charge in [0.2, 0.25) is 0 Å². The predicted octanol–water partition coefficient (Wildman–Crippen LogP) is 5.16. The fourth-order valence-electron chi connectivity index (χ4n) is 2.10. The van der Waals surface area contributed by atoms with Gasteiger partial charge < -0.3 is 10.1 Å². The van der Waals surface area contributed by atoms with E-state index in [4.69, 9.17) is 27.9 Å². The number of hydrogen-bond donors (Lipinski definition) is 1. The topological polar surface area (TPSA) is 21.3 Å². The Hall–Kier alpha value is -1.22. The van der Waals surface area contributed by atoms with Crippen molar-refractivity contribution in [1.29, 1.82) is 0 Å². The predicted molar refractivity (Wildman–Crippen MR) is 89.4 cm³/mol. The molecule has 0 saturated heterocycles. The average Bonchev–Trinajstić information content (AvgIpc) is 2.48. The van der Waals surface area contributed by atoms with Crippen LogP contribution in [0.2, 0.25) is 10.0 Å². The zero-order chi connectivity index (χ0) is 15.4. The van der Waals surface area contributed by atoms with Crippen molar-refractivity contribution in [2.24, 2.45) is 0 Å². The smallest absolute Gasteiger partial charge is 0.124 e. The van der Waals surface area contributed by atoms with Crippen molar-refractivity contribution in [2.45, 2.75) is 26.5 Å². The van der Waals surface area contributed by atoms with Gasteiger partial charge in [-0.2, -0.15) is 0 Å². The molecule has 0 saturated carbocycles. The highest BCUT2D eigenvalue weighted by Gasteiger charge is 2.11. The van der Waals surface area contributed by atoms with Gasteiger partial charge in [0.1, 0.15) is 12.4 Å². The van der Waals surface area contributed by atoms with E-state index >= 15 is 0 Å². The monoisotopic (exact) mass is 323 g/mol. The lowest BCUT2D eigenvalue weighted by Gasteiger charge is -2.17. The van der Waals surface area contributed by atoms with Crippen molar-refractivity contribution in [3.8, 4) is 5.75 Å². The molecule has 0 aliphatic rings. The summed E-state index contributed by atoms with van der Waals surface area (Å²) >= 11 is 12.2. The maximum Gasteiger partial charge on any atom is 0.124 e. The summed E-state index contributed by atoms with van der Waals surface area (Å²) in [4.78, 5) is 0. The van der Waals surface area contributed by atoms with Gasteiger partial charge in [0.15, 0.2) is 0 Å². The van der Waals surface area contributed by atoms with Crippen LogP contribution in [0, 0.1) is 6.92 Å². The van der Waals surface area contributed by atoms with Crippen LogP contribution in [0.15, 0.2) is 36.4 Å². The summed E-state index contributed by atoms with van der Waals surface area (Å²) in [6.07, 6.45) is 0. The highest BCUT2D eigenvalue weighted by atomic mass is 35.5. The first-order valence-corrected chi connectivity index (χ1v) is 7.61. The molecule has 1 atom stereocenters. The van der Waals surface area contributed by atoms with E-state index in [0.717, 1.165) is 16.9 Å². The Morgan fingerprint density at radius 3 is 2.62 bits per heavy atom. The van der Waals surface area contributed by atoms with Gasteiger partial charge in [0.25, 0.3) is 0 Å². The van der Waals surface area contributed by atoms with Crippen molar-refractivity contribution in [2.75, 3.05) is 7.05 Å². The minimum absolute atomic E-state index is 0.217. The van der Waals surface area contributed by atoms with Crippen molar-refractivity contribution in [3.63, 3.8) is 0 Å². The normalized spacial score (nSPS) is 12.2. The zero-order valence-corrected chi connectivity index (χ0v) is 13.9. The summed E-state index contributed by atoms with van der Waals surface area (Å²) in [5.74, 6) is 0.860. The Morgan fingerprint density at radius 1 is 1.14 bits per heavy atom. The largest absolute Gasteiger partial charge is 0.489 e. The fraction of sp³-hybridized carbons (Fsp3) is 0.294. The third-order valence-electron chi connectivity index (χ3n) is 3.46. The second kappa shape index (κ2) is 7.17. The van der Waals surface area contributed by atoms with Crippen molar-refractivity contribution in [3.05, 3.63) is 63.1 Å². The van der Waals surface area contributed by atoms with E-state index in [0.29, 0.717) is 16.7 Å². The molecule has 112 valence electrons. The molecule has 0 spiro atoms. The second-order valence-electron chi connectivity index (χ2n) is 5.08. The fourth-order valence-corrected chi connectivity index (χ4v) is 2.47. The first-order chi connectivity index (χ1) is 10.0. The molecule has 2 nitrogen and oxygen atoms in total. The Labute approximate surface area is 136 Å². The molecule has 0 radical (unpaired) electrons. The molecule has 0 aliphatic carbocycles. The van der Waals surface area contributed by atoms with Crippen LogP contribution in [0.1, 0.15) is 29.7 Å². The molecule has 2 aromatic carbocycles. The quantitative estimate of drug-likeness (QED) is 0.820. The summed E-state index contributed by atoms with van der Waals surface area (Å²) < 4.78 is 5.95. The first kappa shape index (κ1) is 16.2. The average molecular weight is 324 g/mol. The van der Waals surface area contributed by atoms with Crippen molar-refractivity contribution in [1.82, 2.24) is 5.32 Å². The lowest BCUT2D eigenvalue weighted by molar-refractivity contribution is 0.300. The molecule has 0 heterocycles. The maximum atomic E-state index is 6.17. The standard InChI is InChI=1S/C17H19Cl2NO/c1-11-4-7-17(15(8-11)12(2)20-3)21-10-13-9-14(18)5-6-16(13)19/h4-9,12,20H,10H2,1-3H3. The third-order valence-corrected chi connectivity index (χ3v) is 4.06. The van der Waals surface area contributed by atoms with Gasteiger partial charge in [-0.05, 0) is 45.2 Å². The highest BCUT2D eigenvalue weighted by Crippen LogP contribution is 2.28. The Balaban J connectivity index is 2.21. The number of halogens is 2. The van der Waals surface area contributed by atoms with Crippen LogP contribution in [0.5, 0.6) is 5.75 Å². The molecule has 0 aromatic heterocycles. The number of benzene rings is 2. The molecule has 0 amide bonds. The molecule has 0 bridgehead atoms. The van der Waals surface area contributed by atoms with Crippen LogP contribution in [0.25, 0.3) is 0 Å². The molecule has 0 fully saturated rings. The van der Waals surface area contributed by atoms with Gasteiger partial charge >= 0.3 is 0 Å². The number of hydrogen-bond acceptors (Lipinski definition) is 2. The molecule has 1 N–H and O–H groups in total. The van der Waals surface area contributed by atoms with Crippen LogP contribution >= 0.6 is 23.2 Å². The van der Waals surface area contributed by atoms with Gasteiger partial charge in [0, 0.05) is 27.2 Å². The van der Waals surface area contributed by atoms with E-state index in [-0.39, 0.29) is 6.04 Å². The molecule has 4 heteroatoms. The first-order valence-electron chi connectivity index (χ1n) is 6.86. The van der Waals surface area contributed by atoms with Gasteiger partial charge in [-0.3, -0.25) is 0 Å². The summed E-state index contributed by atoms with van der Waals surface area (Å²) in [6.45, 7) is 4.57. The van der Waals surface area contributed by atoms with Crippen molar-refractivity contribution >= 4 is 23.2 Å². The molecular weight excluding hydrogens is 305 g/mol. The number of nitrogens with one attached hydrogen (secondary N) is 1. The minimum Gasteiger partial charge on any atom is -0.489 e. The second-order valence-corrected chi connectivity index (χ2v) is 5.92. The molecule has 1 unspecified atom stereocenters. The Bertz CT molecular complexity index is 628. The number of rotatable bonds is 5. The van der Waals surface area contributed by atoms with E-state index in [1.165, 1.54) is 5.56 Å². The van der Waals surface area contributed by atoms with E-state index < -0.39 is 0 Å². The lowest BCUT2D eigenvalue weighted by Crippen LogP contribution is -2.14. The molecule has 0 aliphatic heterocycles. The molecule has 21 heavy (non-hydrogen) atoms.